The number of hydrogen-bond donors (Lipinski definition) is 5. The second kappa shape index (κ2) is 26.0. The molecule has 0 saturated heterocycles. The smallest absolute Gasteiger partial charge is 0.425 e. The van der Waals surface area contributed by atoms with E-state index < -0.39 is 62.6 Å². The number of thioether (sulfide) groups is 1. The largest absolute Gasteiger partial charge is 0.494 e. The Morgan fingerprint density at radius 3 is 1.96 bits per heavy atom. The summed E-state index contributed by atoms with van der Waals surface area (Å²) < 4.78 is 164. The molecule has 5 N–H and O–H groups in total. The Morgan fingerprint density at radius 2 is 1.33 bits per heavy atom. The summed E-state index contributed by atoms with van der Waals surface area (Å²) in [6.07, 6.45) is 0.691. The summed E-state index contributed by atoms with van der Waals surface area (Å²) in [6, 6.07) is 21.6. The molecule has 0 bridgehead atoms. The maximum Gasteiger partial charge on any atom is 0.425 e. The van der Waals surface area contributed by atoms with E-state index in [2.05, 4.69) is 46.7 Å². The third kappa shape index (κ3) is 16.8. The number of methoxy groups -OCH3 is 1. The summed E-state index contributed by atoms with van der Waals surface area (Å²) >= 11 is 2.24. The standard InChI is InChI=1S/C45H40N10O12S5.CH4O3S.O3S/c1-24-18-32(51-53-40-26(3)28(23-46)43-47-29-11-5-6-12-34(29)55(43)44(40)56)35(67-14-8-16-70(57,58)59)21-30(24)49-52-33-19-25(2)31(22-37(33)68-15-9-17-71(60,61)62)50-54-45-48-41-36(66-4)20-27-10-7-13-38(72(63,64)65)39(27)42(41)69-45;1-5(2,3)4;1-4(2)3/h5-7,10-13,18-22,56H,8-9,14-17H2,1-4H3,(H,57,58,59)(H,60,61,62)(H,63,64,65);1H3,(H,2,3,4);. The van der Waals surface area contributed by atoms with Crippen molar-refractivity contribution in [2.75, 3.05) is 37.2 Å². The highest BCUT2D eigenvalue weighted by atomic mass is 32.2. The number of pyridine rings is 1. The van der Waals surface area contributed by atoms with Crippen LogP contribution in [0.4, 0.5) is 33.6 Å². The van der Waals surface area contributed by atoms with Gasteiger partial charge in [0.1, 0.15) is 39.2 Å². The van der Waals surface area contributed by atoms with Crippen LogP contribution in [0.5, 0.6) is 17.4 Å². The zero-order chi connectivity index (χ0) is 59.8. The monoisotopic (exact) mass is 1250 g/mol. The zero-order valence-electron chi connectivity index (χ0n) is 42.5. The van der Waals surface area contributed by atoms with Crippen LogP contribution in [0.25, 0.3) is 37.7 Å². The summed E-state index contributed by atoms with van der Waals surface area (Å²) in [7, 11) is -18.5. The zero-order valence-corrected chi connectivity index (χ0v) is 48.3. The molecular formula is C46H44N10O18S7. The highest BCUT2D eigenvalue weighted by Crippen LogP contribution is 2.45. The molecule has 0 fully saturated rings. The number of benzene rings is 5. The molecule has 81 heavy (non-hydrogen) atoms. The molecule has 0 radical (unpaired) electrons. The first kappa shape index (κ1) is 62.7. The van der Waals surface area contributed by atoms with Gasteiger partial charge in [0.25, 0.3) is 40.5 Å². The molecule has 3 heterocycles. The summed E-state index contributed by atoms with van der Waals surface area (Å²) in [4.78, 5) is 9.26. The molecule has 8 aromatic rings. The van der Waals surface area contributed by atoms with Gasteiger partial charge in [0.05, 0.1) is 64.3 Å². The van der Waals surface area contributed by atoms with Crippen molar-refractivity contribution in [3.05, 3.63) is 95.1 Å². The number of nitrogens with zero attached hydrogens (tertiary/aromatic N) is 10. The normalized spacial score (nSPS) is 12.3. The van der Waals surface area contributed by atoms with Crippen LogP contribution >= 0.6 is 23.1 Å². The minimum atomic E-state index is -4.62. The van der Waals surface area contributed by atoms with E-state index in [1.165, 1.54) is 41.5 Å². The van der Waals surface area contributed by atoms with E-state index in [0.29, 0.717) is 71.6 Å². The van der Waals surface area contributed by atoms with Crippen LogP contribution in [-0.2, 0) is 51.1 Å². The first-order valence-corrected chi connectivity index (χ1v) is 32.0. The predicted molar refractivity (Wildman–Crippen MR) is 298 cm³/mol. The fourth-order valence-electron chi connectivity index (χ4n) is 7.48. The SMILES string of the molecule is COc1cc2cccc(S(=O)(=O)O)c2c2sc(N=Nc3cc(SCCCS(=O)(=O)O)c(N=Nc4cc(OCCCS(=O)(=O)O)c(N=Nc5c(C)c(C#N)c6nc7ccccc7n6c5O)cc4C)cc3C)nc12.CS(=O)(=O)O.O=S(=O)=O. The molecular weight excluding hydrogens is 1210 g/mol. The van der Waals surface area contributed by atoms with Crippen molar-refractivity contribution >= 4 is 145 Å². The van der Waals surface area contributed by atoms with Gasteiger partial charge in [0, 0.05) is 21.9 Å². The fourth-order valence-corrected chi connectivity index (χ4v) is 11.4. The third-order valence-electron chi connectivity index (χ3n) is 10.9. The van der Waals surface area contributed by atoms with E-state index in [9.17, 15) is 57.7 Å². The van der Waals surface area contributed by atoms with Crippen LogP contribution in [0.15, 0.2) is 113 Å². The highest BCUT2D eigenvalue weighted by Gasteiger charge is 2.23. The molecule has 0 spiro atoms. The Bertz CT molecular complexity index is 4500. The number of thiazole rings is 1. The highest BCUT2D eigenvalue weighted by molar-refractivity contribution is 7.99. The fraction of sp³-hybridized carbons (Fsp3) is 0.239. The van der Waals surface area contributed by atoms with Crippen molar-refractivity contribution in [2.24, 2.45) is 30.7 Å². The van der Waals surface area contributed by atoms with Gasteiger partial charge in [0.15, 0.2) is 11.3 Å². The van der Waals surface area contributed by atoms with Crippen molar-refractivity contribution in [1.29, 1.82) is 5.26 Å². The van der Waals surface area contributed by atoms with Crippen molar-refractivity contribution in [1.82, 2.24) is 14.4 Å². The molecule has 8 rings (SSSR count). The molecule has 3 aromatic heterocycles. The summed E-state index contributed by atoms with van der Waals surface area (Å²) in [5.41, 5.74) is 4.22. The Balaban J connectivity index is 0.00000109. The molecule has 428 valence electrons. The first-order valence-electron chi connectivity index (χ1n) is 22.7. The van der Waals surface area contributed by atoms with E-state index in [0.717, 1.165) is 11.3 Å². The van der Waals surface area contributed by atoms with Crippen LogP contribution in [0, 0.1) is 32.1 Å². The van der Waals surface area contributed by atoms with E-state index in [1.54, 1.807) is 75.4 Å². The minimum absolute atomic E-state index is 0.0240. The summed E-state index contributed by atoms with van der Waals surface area (Å²) in [5.74, 6) is -0.775. The number of aromatic hydroxyl groups is 1. The number of aryl methyl sites for hydroxylation is 2. The molecule has 0 unspecified atom stereocenters. The van der Waals surface area contributed by atoms with Gasteiger partial charge in [-0.1, -0.05) is 35.6 Å². The van der Waals surface area contributed by atoms with Gasteiger partial charge in [0.2, 0.25) is 11.0 Å². The number of ether oxygens (including phenoxy) is 2. The summed E-state index contributed by atoms with van der Waals surface area (Å²) in [5, 5.41) is 49.1. The molecule has 0 aliphatic heterocycles. The quantitative estimate of drug-likeness (QED) is 0.0231. The number of fused-ring (bicyclic) bond motifs is 6. The number of para-hydroxylation sites is 2. The third-order valence-corrected chi connectivity index (χ3v) is 15.5. The number of nitriles is 1. The molecule has 28 nitrogen and oxygen atoms in total. The minimum Gasteiger partial charge on any atom is -0.494 e. The van der Waals surface area contributed by atoms with Crippen LogP contribution < -0.4 is 9.47 Å². The van der Waals surface area contributed by atoms with Crippen molar-refractivity contribution in [3.63, 3.8) is 0 Å². The molecule has 5 aromatic carbocycles. The second-order valence-corrected chi connectivity index (χ2v) is 25.4. The van der Waals surface area contributed by atoms with Crippen molar-refractivity contribution in [2.45, 2.75) is 43.4 Å². The molecule has 0 aliphatic rings. The lowest BCUT2D eigenvalue weighted by Crippen LogP contribution is -2.08. The van der Waals surface area contributed by atoms with Gasteiger partial charge in [-0.05, 0) is 98.3 Å². The van der Waals surface area contributed by atoms with Crippen LogP contribution in [0.3, 0.4) is 0 Å². The molecule has 0 atom stereocenters. The Morgan fingerprint density at radius 1 is 0.741 bits per heavy atom. The van der Waals surface area contributed by atoms with E-state index in [1.807, 2.05) is 0 Å². The second-order valence-electron chi connectivity index (χ2n) is 16.9. The summed E-state index contributed by atoms with van der Waals surface area (Å²) in [6.45, 7) is 4.85. The number of imidazole rings is 1. The lowest BCUT2D eigenvalue weighted by Gasteiger charge is -2.12. The van der Waals surface area contributed by atoms with Gasteiger partial charge < -0.3 is 14.6 Å². The number of rotatable bonds is 18. The molecule has 35 heteroatoms. The number of hydrogen-bond acceptors (Lipinski definition) is 25. The molecule has 0 amide bonds. The Labute approximate surface area is 471 Å². The van der Waals surface area contributed by atoms with Crippen LogP contribution in [0.2, 0.25) is 0 Å². The Hall–Kier alpha value is -7.50. The van der Waals surface area contributed by atoms with Crippen LogP contribution in [0.1, 0.15) is 35.1 Å². The average Bonchev–Trinajstić information content (AvgIpc) is 4.21. The van der Waals surface area contributed by atoms with Crippen molar-refractivity contribution in [3.8, 4) is 23.4 Å². The van der Waals surface area contributed by atoms with Gasteiger partial charge in [-0.2, -0.15) is 44.0 Å². The topological polar surface area (TPSA) is 436 Å². The van der Waals surface area contributed by atoms with E-state index in [4.69, 9.17) is 26.7 Å². The predicted octanol–water partition coefficient (Wildman–Crippen LogP) is 9.78. The average molecular weight is 1250 g/mol. The number of aromatic nitrogens is 3. The van der Waals surface area contributed by atoms with Gasteiger partial charge >= 0.3 is 10.6 Å². The lowest BCUT2D eigenvalue weighted by molar-refractivity contribution is 0.317. The van der Waals surface area contributed by atoms with E-state index in [-0.39, 0.29) is 80.5 Å². The van der Waals surface area contributed by atoms with Gasteiger partial charge in [-0.25, -0.2) is 9.97 Å². The first-order chi connectivity index (χ1) is 37.9. The Kier molecular flexibility index (Phi) is 20.1. The molecule has 0 aliphatic carbocycles. The maximum absolute atomic E-state index is 12.4. The van der Waals surface area contributed by atoms with Crippen LogP contribution in [-0.4, -0.2) is 121 Å². The number of azo groups is 3. The van der Waals surface area contributed by atoms with Gasteiger partial charge in [-0.15, -0.1) is 50.0 Å². The lowest BCUT2D eigenvalue weighted by atomic mass is 10.1. The van der Waals surface area contributed by atoms with Gasteiger partial charge in [-0.3, -0.25) is 22.6 Å². The maximum atomic E-state index is 12.4. The van der Waals surface area contributed by atoms with E-state index >= 15 is 0 Å². The van der Waals surface area contributed by atoms with Crippen molar-refractivity contribution < 1.29 is 79.1 Å². The molecule has 0 saturated carbocycles.